The first-order valence-electron chi connectivity index (χ1n) is 8.69. The highest BCUT2D eigenvalue weighted by molar-refractivity contribution is 6.01. The molecular formula is C21H15F3N4O. The van der Waals surface area contributed by atoms with E-state index < -0.39 is 23.5 Å². The number of hydrogen-bond donors (Lipinski definition) is 2. The molecule has 0 radical (unpaired) electrons. The molecule has 0 atom stereocenters. The van der Waals surface area contributed by atoms with Crippen molar-refractivity contribution in [2.45, 2.75) is 6.92 Å². The highest BCUT2D eigenvalue weighted by Crippen LogP contribution is 2.31. The summed E-state index contributed by atoms with van der Waals surface area (Å²) in [6.45, 7) is 1.86. The van der Waals surface area contributed by atoms with Crippen LogP contribution in [0.3, 0.4) is 0 Å². The van der Waals surface area contributed by atoms with Crippen LogP contribution < -0.4 is 10.6 Å². The van der Waals surface area contributed by atoms with Gasteiger partial charge < -0.3 is 5.32 Å². The van der Waals surface area contributed by atoms with Crippen molar-refractivity contribution in [3.63, 3.8) is 0 Å². The number of nitrogens with zero attached hydrogens (tertiary/aromatic N) is 2. The van der Waals surface area contributed by atoms with Crippen LogP contribution >= 0.6 is 0 Å². The van der Waals surface area contributed by atoms with Crippen LogP contribution in [0.15, 0.2) is 60.8 Å². The molecule has 4 rings (SSSR count). The molecule has 0 aliphatic rings. The molecule has 0 fully saturated rings. The number of carbonyl (C=O) groups is 1. The van der Waals surface area contributed by atoms with Gasteiger partial charge in [-0.2, -0.15) is 0 Å². The van der Waals surface area contributed by atoms with Crippen molar-refractivity contribution in [3.8, 4) is 11.3 Å². The van der Waals surface area contributed by atoms with Gasteiger partial charge in [0, 0.05) is 17.8 Å². The Morgan fingerprint density at radius 3 is 2.52 bits per heavy atom. The van der Waals surface area contributed by atoms with Gasteiger partial charge in [0.1, 0.15) is 34.6 Å². The molecule has 2 aromatic carbocycles. The lowest BCUT2D eigenvalue weighted by molar-refractivity contribution is 0.262. The van der Waals surface area contributed by atoms with E-state index in [2.05, 4.69) is 15.6 Å². The number of rotatable bonds is 3. The van der Waals surface area contributed by atoms with Crippen LogP contribution in [0.5, 0.6) is 0 Å². The SMILES string of the molecule is Cc1ccc2nc(-c3ccccc3F)c(NC(=O)Nc3ccc(F)cc3F)n2c1. The summed E-state index contributed by atoms with van der Waals surface area (Å²) in [5.41, 5.74) is 1.63. The number of anilines is 2. The predicted octanol–water partition coefficient (Wildman–Crippen LogP) is 5.37. The van der Waals surface area contributed by atoms with E-state index in [9.17, 15) is 18.0 Å². The van der Waals surface area contributed by atoms with E-state index in [-0.39, 0.29) is 22.8 Å². The van der Waals surface area contributed by atoms with E-state index in [1.54, 1.807) is 34.9 Å². The average Bonchev–Trinajstić information content (AvgIpc) is 3.02. The normalized spacial score (nSPS) is 10.9. The zero-order chi connectivity index (χ0) is 20.5. The van der Waals surface area contributed by atoms with E-state index in [1.807, 2.05) is 13.0 Å². The van der Waals surface area contributed by atoms with E-state index in [0.29, 0.717) is 11.7 Å². The number of carbonyl (C=O) groups excluding carboxylic acids is 1. The third kappa shape index (κ3) is 3.64. The number of nitrogens with one attached hydrogen (secondary N) is 2. The Morgan fingerprint density at radius 1 is 0.966 bits per heavy atom. The van der Waals surface area contributed by atoms with Crippen LogP contribution in [0.4, 0.5) is 29.5 Å². The van der Waals surface area contributed by atoms with E-state index in [4.69, 9.17) is 0 Å². The van der Waals surface area contributed by atoms with Crippen molar-refractivity contribution in [1.82, 2.24) is 9.38 Å². The molecule has 0 saturated carbocycles. The van der Waals surface area contributed by atoms with Crippen molar-refractivity contribution >= 4 is 23.2 Å². The van der Waals surface area contributed by atoms with Gasteiger partial charge in [0.05, 0.1) is 5.69 Å². The third-order valence-corrected chi connectivity index (χ3v) is 4.31. The number of amides is 2. The molecule has 0 saturated heterocycles. The molecule has 5 nitrogen and oxygen atoms in total. The van der Waals surface area contributed by atoms with Gasteiger partial charge in [-0.05, 0) is 42.8 Å². The van der Waals surface area contributed by atoms with Crippen LogP contribution in [0.25, 0.3) is 16.9 Å². The Hall–Kier alpha value is -3.81. The number of halogens is 3. The van der Waals surface area contributed by atoms with Gasteiger partial charge in [0.2, 0.25) is 0 Å². The molecule has 0 bridgehead atoms. The van der Waals surface area contributed by atoms with Crippen molar-refractivity contribution in [3.05, 3.63) is 83.8 Å². The fourth-order valence-electron chi connectivity index (χ4n) is 2.96. The Bertz CT molecular complexity index is 1240. The van der Waals surface area contributed by atoms with Crippen LogP contribution in [-0.2, 0) is 0 Å². The number of imidazole rings is 1. The average molecular weight is 396 g/mol. The summed E-state index contributed by atoms with van der Waals surface area (Å²) < 4.78 is 42.9. The number of benzene rings is 2. The number of fused-ring (bicyclic) bond motifs is 1. The van der Waals surface area contributed by atoms with Gasteiger partial charge in [-0.15, -0.1) is 0 Å². The maximum atomic E-state index is 14.4. The molecule has 146 valence electrons. The molecule has 0 aliphatic carbocycles. The first-order chi connectivity index (χ1) is 13.9. The summed E-state index contributed by atoms with van der Waals surface area (Å²) in [4.78, 5) is 16.9. The maximum absolute atomic E-state index is 14.4. The molecular weight excluding hydrogens is 381 g/mol. The smallest absolute Gasteiger partial charge is 0.305 e. The zero-order valence-electron chi connectivity index (χ0n) is 15.2. The van der Waals surface area contributed by atoms with E-state index >= 15 is 0 Å². The molecule has 2 N–H and O–H groups in total. The first-order valence-corrected chi connectivity index (χ1v) is 8.69. The fraction of sp³-hybridized carbons (Fsp3) is 0.0476. The Balaban J connectivity index is 1.75. The van der Waals surface area contributed by atoms with Crippen molar-refractivity contribution < 1.29 is 18.0 Å². The van der Waals surface area contributed by atoms with Crippen molar-refractivity contribution in [2.75, 3.05) is 10.6 Å². The number of urea groups is 1. The lowest BCUT2D eigenvalue weighted by atomic mass is 10.1. The summed E-state index contributed by atoms with van der Waals surface area (Å²) in [6, 6.07) is 11.7. The molecule has 2 aromatic heterocycles. The first kappa shape index (κ1) is 18.5. The van der Waals surface area contributed by atoms with Gasteiger partial charge in [-0.3, -0.25) is 9.72 Å². The van der Waals surface area contributed by atoms with Crippen molar-refractivity contribution in [1.29, 1.82) is 0 Å². The largest absolute Gasteiger partial charge is 0.324 e. The quantitative estimate of drug-likeness (QED) is 0.489. The highest BCUT2D eigenvalue weighted by atomic mass is 19.1. The molecule has 4 aromatic rings. The minimum Gasteiger partial charge on any atom is -0.305 e. The predicted molar refractivity (Wildman–Crippen MR) is 104 cm³/mol. The minimum atomic E-state index is -0.913. The summed E-state index contributed by atoms with van der Waals surface area (Å²) in [5.74, 6) is -1.95. The van der Waals surface area contributed by atoms with E-state index in [1.165, 1.54) is 6.07 Å². The third-order valence-electron chi connectivity index (χ3n) is 4.31. The van der Waals surface area contributed by atoms with Gasteiger partial charge >= 0.3 is 6.03 Å². The monoisotopic (exact) mass is 396 g/mol. The molecule has 0 unspecified atom stereocenters. The van der Waals surface area contributed by atoms with Crippen LogP contribution in [0, 0.1) is 24.4 Å². The van der Waals surface area contributed by atoms with Crippen LogP contribution in [0.2, 0.25) is 0 Å². The highest BCUT2D eigenvalue weighted by Gasteiger charge is 2.19. The molecule has 8 heteroatoms. The molecule has 2 amide bonds. The number of hydrogen-bond acceptors (Lipinski definition) is 2. The lowest BCUT2D eigenvalue weighted by Crippen LogP contribution is -2.21. The standard InChI is InChI=1S/C21H15F3N4O/c1-12-6-9-18-26-19(14-4-2-3-5-15(14)23)20(28(18)11-12)27-21(29)25-17-8-7-13(22)10-16(17)24/h2-11H,1H3,(H2,25,27,29). The second-order valence-electron chi connectivity index (χ2n) is 6.43. The summed E-state index contributed by atoms with van der Waals surface area (Å²) in [5, 5.41) is 4.92. The van der Waals surface area contributed by atoms with Gasteiger partial charge in [-0.25, -0.2) is 22.9 Å². The number of aryl methyl sites for hydroxylation is 1. The Labute approximate surface area is 163 Å². The van der Waals surface area contributed by atoms with Crippen LogP contribution in [0.1, 0.15) is 5.56 Å². The summed E-state index contributed by atoms with van der Waals surface area (Å²) in [6.07, 6.45) is 1.74. The van der Waals surface area contributed by atoms with Gasteiger partial charge in [0.15, 0.2) is 0 Å². The lowest BCUT2D eigenvalue weighted by Gasteiger charge is -2.11. The molecule has 29 heavy (non-hydrogen) atoms. The second-order valence-corrected chi connectivity index (χ2v) is 6.43. The minimum absolute atomic E-state index is 0.193. The van der Waals surface area contributed by atoms with Gasteiger partial charge in [-0.1, -0.05) is 18.2 Å². The molecule has 0 spiro atoms. The van der Waals surface area contributed by atoms with Crippen molar-refractivity contribution in [2.24, 2.45) is 0 Å². The number of aromatic nitrogens is 2. The topological polar surface area (TPSA) is 58.4 Å². The number of pyridine rings is 1. The summed E-state index contributed by atoms with van der Waals surface area (Å²) >= 11 is 0. The Morgan fingerprint density at radius 2 is 1.76 bits per heavy atom. The van der Waals surface area contributed by atoms with Crippen LogP contribution in [-0.4, -0.2) is 15.4 Å². The molecule has 0 aliphatic heterocycles. The maximum Gasteiger partial charge on any atom is 0.324 e. The fourth-order valence-corrected chi connectivity index (χ4v) is 2.96. The molecule has 2 heterocycles. The van der Waals surface area contributed by atoms with Gasteiger partial charge in [0.25, 0.3) is 0 Å². The Kier molecular flexibility index (Phi) is 4.67. The zero-order valence-corrected chi connectivity index (χ0v) is 15.2. The second kappa shape index (κ2) is 7.31. The van der Waals surface area contributed by atoms with E-state index in [0.717, 1.165) is 17.7 Å². The summed E-state index contributed by atoms with van der Waals surface area (Å²) in [7, 11) is 0.